The average Bonchev–Trinajstić information content (AvgIpc) is 2.67. The molecule has 18 heavy (non-hydrogen) atoms. The molecule has 2 N–H and O–H groups in total. The molecule has 1 saturated carbocycles. The summed E-state index contributed by atoms with van der Waals surface area (Å²) in [6.45, 7) is 8.93. The maximum Gasteiger partial charge on any atom is 0.0593 e. The van der Waals surface area contributed by atoms with E-state index in [1.807, 2.05) is 11.3 Å². The molecule has 0 spiro atoms. The molecule has 2 atom stereocenters. The Balaban J connectivity index is 2.14. The van der Waals surface area contributed by atoms with Gasteiger partial charge in [-0.2, -0.15) is 0 Å². The van der Waals surface area contributed by atoms with Crippen molar-refractivity contribution in [2.45, 2.75) is 52.1 Å². The van der Waals surface area contributed by atoms with Crippen LogP contribution in [0.3, 0.4) is 0 Å². The molecular weight excluding hydrogens is 240 g/mol. The van der Waals surface area contributed by atoms with Crippen LogP contribution in [-0.4, -0.2) is 24.0 Å². The number of nitrogens with zero attached hydrogens (tertiary/aromatic N) is 1. The second kappa shape index (κ2) is 6.18. The van der Waals surface area contributed by atoms with E-state index in [-0.39, 0.29) is 6.04 Å². The van der Waals surface area contributed by atoms with Gasteiger partial charge >= 0.3 is 0 Å². The molecule has 0 aliphatic heterocycles. The predicted octanol–water partition coefficient (Wildman–Crippen LogP) is 3.57. The fourth-order valence-electron chi connectivity index (χ4n) is 2.87. The summed E-state index contributed by atoms with van der Waals surface area (Å²) in [6.07, 6.45) is 4.24. The second-order valence-corrected chi connectivity index (χ2v) is 6.60. The number of aryl methyl sites for hydroxylation is 1. The minimum Gasteiger partial charge on any atom is -0.326 e. The summed E-state index contributed by atoms with van der Waals surface area (Å²) in [7, 11) is 0. The number of nitrogens with two attached hydrogens (primary N) is 1. The molecule has 0 saturated heterocycles. The molecule has 1 heterocycles. The van der Waals surface area contributed by atoms with Crippen LogP contribution >= 0.6 is 11.3 Å². The third kappa shape index (κ3) is 2.95. The molecule has 1 aliphatic rings. The van der Waals surface area contributed by atoms with Crippen molar-refractivity contribution >= 4 is 11.3 Å². The molecule has 2 unspecified atom stereocenters. The van der Waals surface area contributed by atoms with Crippen LogP contribution in [0.4, 0.5) is 0 Å². The van der Waals surface area contributed by atoms with E-state index in [4.69, 9.17) is 5.73 Å². The van der Waals surface area contributed by atoms with E-state index in [1.54, 1.807) is 0 Å². The van der Waals surface area contributed by atoms with Crippen molar-refractivity contribution in [3.8, 4) is 0 Å². The average molecular weight is 266 g/mol. The van der Waals surface area contributed by atoms with Crippen LogP contribution < -0.4 is 5.73 Å². The molecule has 2 nitrogen and oxygen atoms in total. The zero-order valence-corrected chi connectivity index (χ0v) is 12.7. The van der Waals surface area contributed by atoms with Crippen LogP contribution in [0.25, 0.3) is 0 Å². The summed E-state index contributed by atoms with van der Waals surface area (Å²) in [5.74, 6) is 0.909. The van der Waals surface area contributed by atoms with Crippen molar-refractivity contribution in [3.63, 3.8) is 0 Å². The van der Waals surface area contributed by atoms with Crippen LogP contribution in [0.1, 0.15) is 49.6 Å². The molecule has 1 aromatic rings. The first-order valence-corrected chi connectivity index (χ1v) is 8.05. The minimum absolute atomic E-state index is 0.197. The van der Waals surface area contributed by atoms with Crippen LogP contribution in [0, 0.1) is 12.8 Å². The van der Waals surface area contributed by atoms with Crippen molar-refractivity contribution in [1.82, 2.24) is 4.90 Å². The largest absolute Gasteiger partial charge is 0.326 e. The van der Waals surface area contributed by atoms with Crippen LogP contribution in [0.2, 0.25) is 0 Å². The number of likely N-dealkylation sites (N-methyl/N-ethyl adjacent to an activating group) is 1. The Hall–Kier alpha value is -0.380. The maximum atomic E-state index is 6.27. The highest BCUT2D eigenvalue weighted by molar-refractivity contribution is 7.10. The van der Waals surface area contributed by atoms with E-state index in [1.165, 1.54) is 36.2 Å². The van der Waals surface area contributed by atoms with Crippen molar-refractivity contribution < 1.29 is 0 Å². The van der Waals surface area contributed by atoms with E-state index < -0.39 is 0 Å². The topological polar surface area (TPSA) is 29.3 Å². The quantitative estimate of drug-likeness (QED) is 0.853. The Morgan fingerprint density at radius 1 is 1.50 bits per heavy atom. The third-order valence-electron chi connectivity index (χ3n) is 4.19. The van der Waals surface area contributed by atoms with Gasteiger partial charge in [0.05, 0.1) is 6.04 Å². The van der Waals surface area contributed by atoms with E-state index in [0.717, 1.165) is 12.5 Å². The number of hydrogen-bond acceptors (Lipinski definition) is 3. The molecule has 3 heteroatoms. The van der Waals surface area contributed by atoms with Crippen molar-refractivity contribution in [3.05, 3.63) is 21.9 Å². The molecule has 1 fully saturated rings. The van der Waals surface area contributed by atoms with Gasteiger partial charge in [-0.3, -0.25) is 4.90 Å². The second-order valence-electron chi connectivity index (χ2n) is 5.66. The molecule has 0 bridgehead atoms. The maximum absolute atomic E-state index is 6.27. The van der Waals surface area contributed by atoms with Gasteiger partial charge in [0.15, 0.2) is 0 Å². The normalized spacial score (nSPS) is 19.8. The molecular formula is C15H26N2S. The van der Waals surface area contributed by atoms with Gasteiger partial charge < -0.3 is 5.73 Å². The van der Waals surface area contributed by atoms with Gasteiger partial charge in [-0.1, -0.05) is 13.3 Å². The van der Waals surface area contributed by atoms with Gasteiger partial charge in [-0.05, 0) is 56.2 Å². The van der Waals surface area contributed by atoms with E-state index >= 15 is 0 Å². The van der Waals surface area contributed by atoms with Crippen LogP contribution in [0.5, 0.6) is 0 Å². The Bertz CT molecular complexity index is 368. The first-order chi connectivity index (χ1) is 8.63. The minimum atomic E-state index is 0.197. The Morgan fingerprint density at radius 3 is 2.61 bits per heavy atom. The van der Waals surface area contributed by atoms with Gasteiger partial charge in [0, 0.05) is 17.5 Å². The summed E-state index contributed by atoms with van der Waals surface area (Å²) >= 11 is 1.86. The zero-order valence-electron chi connectivity index (χ0n) is 11.9. The number of rotatable bonds is 6. The lowest BCUT2D eigenvalue weighted by Gasteiger charge is -2.38. The Morgan fingerprint density at radius 2 is 2.22 bits per heavy atom. The Labute approximate surface area is 115 Å². The van der Waals surface area contributed by atoms with E-state index in [0.29, 0.717) is 6.04 Å². The lowest BCUT2D eigenvalue weighted by molar-refractivity contribution is 0.127. The summed E-state index contributed by atoms with van der Waals surface area (Å²) in [5, 5.41) is 2.19. The molecule has 102 valence electrons. The fourth-order valence-corrected chi connectivity index (χ4v) is 4.05. The molecule has 0 amide bonds. The van der Waals surface area contributed by atoms with E-state index in [2.05, 4.69) is 37.1 Å². The highest BCUT2D eigenvalue weighted by atomic mass is 32.1. The summed E-state index contributed by atoms with van der Waals surface area (Å²) in [6, 6.07) is 2.81. The molecule has 1 aliphatic carbocycles. The molecule has 0 radical (unpaired) electrons. The van der Waals surface area contributed by atoms with Crippen molar-refractivity contribution in [1.29, 1.82) is 0 Å². The van der Waals surface area contributed by atoms with Gasteiger partial charge in [0.25, 0.3) is 0 Å². The lowest BCUT2D eigenvalue weighted by Crippen LogP contribution is -2.42. The highest BCUT2D eigenvalue weighted by Crippen LogP contribution is 2.34. The monoisotopic (exact) mass is 266 g/mol. The molecule has 1 aromatic heterocycles. The van der Waals surface area contributed by atoms with Crippen molar-refractivity contribution in [2.24, 2.45) is 11.7 Å². The Kier molecular flexibility index (Phi) is 4.82. The van der Waals surface area contributed by atoms with Gasteiger partial charge in [-0.25, -0.2) is 0 Å². The summed E-state index contributed by atoms with van der Waals surface area (Å²) < 4.78 is 0. The molecule has 0 aromatic carbocycles. The number of thiophene rings is 1. The number of hydrogen-bond donors (Lipinski definition) is 1. The summed E-state index contributed by atoms with van der Waals surface area (Å²) in [4.78, 5) is 4.05. The highest BCUT2D eigenvalue weighted by Gasteiger charge is 2.29. The first-order valence-electron chi connectivity index (χ1n) is 7.17. The smallest absolute Gasteiger partial charge is 0.0593 e. The SMILES string of the molecule is CCN(CC1CCC1)C(c1sccc1C)C(C)N. The van der Waals surface area contributed by atoms with Crippen LogP contribution in [-0.2, 0) is 0 Å². The van der Waals surface area contributed by atoms with Crippen molar-refractivity contribution in [2.75, 3.05) is 13.1 Å². The van der Waals surface area contributed by atoms with Gasteiger partial charge in [0.2, 0.25) is 0 Å². The van der Waals surface area contributed by atoms with Gasteiger partial charge in [-0.15, -0.1) is 11.3 Å². The zero-order chi connectivity index (χ0) is 13.1. The predicted molar refractivity (Wildman–Crippen MR) is 80.0 cm³/mol. The summed E-state index contributed by atoms with van der Waals surface area (Å²) in [5.41, 5.74) is 7.67. The molecule has 2 rings (SSSR count). The third-order valence-corrected chi connectivity index (χ3v) is 5.27. The van der Waals surface area contributed by atoms with Crippen LogP contribution in [0.15, 0.2) is 11.4 Å². The van der Waals surface area contributed by atoms with E-state index in [9.17, 15) is 0 Å². The first kappa shape index (κ1) is 14.0. The van der Waals surface area contributed by atoms with Gasteiger partial charge in [0.1, 0.15) is 0 Å². The fraction of sp³-hybridized carbons (Fsp3) is 0.733. The standard InChI is InChI=1S/C15H26N2S/c1-4-17(10-13-6-5-7-13)14(12(3)16)15-11(2)8-9-18-15/h8-9,12-14H,4-7,10,16H2,1-3H3. The lowest BCUT2D eigenvalue weighted by atomic mass is 9.84.